The molecule has 26 heavy (non-hydrogen) atoms. The fourth-order valence-corrected chi connectivity index (χ4v) is 4.47. The lowest BCUT2D eigenvalue weighted by molar-refractivity contribution is -0.151. The number of carbonyl (C=O) groups excluding carboxylic acids is 1. The lowest BCUT2D eigenvalue weighted by atomic mass is 9.98. The summed E-state index contributed by atoms with van der Waals surface area (Å²) < 4.78 is 42.7. The Morgan fingerprint density at radius 1 is 1.31 bits per heavy atom. The van der Waals surface area contributed by atoms with Crippen LogP contribution in [0.1, 0.15) is 18.5 Å². The van der Waals surface area contributed by atoms with Crippen molar-refractivity contribution in [3.05, 3.63) is 41.2 Å². The molecule has 6 nitrogen and oxygen atoms in total. The van der Waals surface area contributed by atoms with Crippen LogP contribution in [0.4, 0.5) is 4.39 Å². The molecule has 0 amide bonds. The summed E-state index contributed by atoms with van der Waals surface area (Å²) in [4.78, 5) is 16.6. The van der Waals surface area contributed by atoms with Crippen LogP contribution < -0.4 is 0 Å². The Morgan fingerprint density at radius 3 is 2.58 bits per heavy atom. The van der Waals surface area contributed by atoms with Gasteiger partial charge in [-0.3, -0.25) is 4.79 Å². The van der Waals surface area contributed by atoms with E-state index in [0.29, 0.717) is 31.6 Å². The number of piperidine rings is 1. The number of benzene rings is 1. The largest absolute Gasteiger partial charge is 0.459 e. The van der Waals surface area contributed by atoms with E-state index in [-0.39, 0.29) is 24.3 Å². The van der Waals surface area contributed by atoms with Crippen LogP contribution in [-0.4, -0.2) is 43.0 Å². The van der Waals surface area contributed by atoms with Crippen LogP contribution in [0.3, 0.4) is 0 Å². The number of carbonyl (C=O) groups is 1. The molecule has 1 aromatic carbocycles. The number of nitrogens with zero attached hydrogens (tertiary/aromatic N) is 2. The first kappa shape index (κ1) is 18.9. The normalized spacial score (nSPS) is 16.5. The summed E-state index contributed by atoms with van der Waals surface area (Å²) in [6.45, 7) is 0.747. The Kier molecular flexibility index (Phi) is 5.69. The van der Waals surface area contributed by atoms with Gasteiger partial charge < -0.3 is 4.74 Å². The molecule has 3 rings (SSSR count). The molecule has 0 saturated carbocycles. The molecule has 2 aromatic rings. The summed E-state index contributed by atoms with van der Waals surface area (Å²) in [7, 11) is -3.21. The van der Waals surface area contributed by atoms with Crippen LogP contribution in [0.5, 0.6) is 0 Å². The summed E-state index contributed by atoms with van der Waals surface area (Å²) >= 11 is 1.40. The molecule has 140 valence electrons. The first-order valence-electron chi connectivity index (χ1n) is 8.15. The molecule has 0 unspecified atom stereocenters. The Balaban J connectivity index is 1.52. The van der Waals surface area contributed by atoms with E-state index in [9.17, 15) is 17.6 Å². The molecule has 0 radical (unpaired) electrons. The van der Waals surface area contributed by atoms with Crippen molar-refractivity contribution in [3.8, 4) is 10.6 Å². The zero-order chi connectivity index (χ0) is 18.7. The third-order valence-corrected chi connectivity index (χ3v) is 6.50. The maximum Gasteiger partial charge on any atom is 0.309 e. The summed E-state index contributed by atoms with van der Waals surface area (Å²) in [5, 5.41) is 2.54. The van der Waals surface area contributed by atoms with Crippen molar-refractivity contribution in [3.63, 3.8) is 0 Å². The minimum Gasteiger partial charge on any atom is -0.459 e. The van der Waals surface area contributed by atoms with E-state index in [0.717, 1.165) is 10.6 Å². The van der Waals surface area contributed by atoms with Gasteiger partial charge in [0.15, 0.2) is 0 Å². The van der Waals surface area contributed by atoms with Gasteiger partial charge in [-0.05, 0) is 37.1 Å². The standard InChI is InChI=1S/C17H19FN2O4S2/c1-26(22,23)20-8-6-13(7-9-20)17(21)24-10-15-11-25-16(19-15)12-2-4-14(18)5-3-12/h2-5,11,13H,6-10H2,1H3. The number of halogens is 1. The molecule has 1 aliphatic rings. The first-order valence-corrected chi connectivity index (χ1v) is 10.9. The van der Waals surface area contributed by atoms with Crippen molar-refractivity contribution in [1.29, 1.82) is 0 Å². The molecular formula is C17H19FN2O4S2. The smallest absolute Gasteiger partial charge is 0.309 e. The van der Waals surface area contributed by atoms with Crippen LogP contribution >= 0.6 is 11.3 Å². The first-order chi connectivity index (χ1) is 12.3. The molecule has 1 aromatic heterocycles. The number of esters is 1. The molecule has 0 spiro atoms. The highest BCUT2D eigenvalue weighted by Crippen LogP contribution is 2.25. The van der Waals surface area contributed by atoms with Crippen LogP contribution in [0.2, 0.25) is 0 Å². The van der Waals surface area contributed by atoms with Crippen molar-refractivity contribution in [1.82, 2.24) is 9.29 Å². The predicted molar refractivity (Wildman–Crippen MR) is 96.4 cm³/mol. The maximum atomic E-state index is 13.0. The van der Waals surface area contributed by atoms with E-state index in [1.807, 2.05) is 0 Å². The number of sulfonamides is 1. The van der Waals surface area contributed by atoms with Crippen LogP contribution in [-0.2, 0) is 26.2 Å². The summed E-state index contributed by atoms with van der Waals surface area (Å²) in [6.07, 6.45) is 2.10. The maximum absolute atomic E-state index is 13.0. The fraction of sp³-hybridized carbons (Fsp3) is 0.412. The van der Waals surface area contributed by atoms with Crippen molar-refractivity contribution in [2.24, 2.45) is 5.92 Å². The second kappa shape index (κ2) is 7.81. The third-order valence-electron chi connectivity index (χ3n) is 4.26. The second-order valence-electron chi connectivity index (χ2n) is 6.19. The number of rotatable bonds is 5. The third kappa shape index (κ3) is 4.66. The van der Waals surface area contributed by atoms with Crippen LogP contribution in [0.15, 0.2) is 29.6 Å². The number of thiazole rings is 1. The molecule has 0 aliphatic carbocycles. The highest BCUT2D eigenvalue weighted by Gasteiger charge is 2.29. The molecule has 1 saturated heterocycles. The van der Waals surface area contributed by atoms with Gasteiger partial charge in [-0.1, -0.05) is 0 Å². The predicted octanol–water partition coefficient (Wildman–Crippen LogP) is 2.66. The van der Waals surface area contributed by atoms with E-state index in [4.69, 9.17) is 4.74 Å². The number of hydrogen-bond donors (Lipinski definition) is 0. The molecule has 0 atom stereocenters. The van der Waals surface area contributed by atoms with Gasteiger partial charge in [0.2, 0.25) is 10.0 Å². The number of ether oxygens (including phenoxy) is 1. The van der Waals surface area contributed by atoms with E-state index in [1.165, 1.54) is 34.0 Å². The van der Waals surface area contributed by atoms with Gasteiger partial charge in [0.1, 0.15) is 17.4 Å². The Labute approximate surface area is 155 Å². The molecule has 1 fully saturated rings. The lowest BCUT2D eigenvalue weighted by Crippen LogP contribution is -2.40. The van der Waals surface area contributed by atoms with Crippen LogP contribution in [0.25, 0.3) is 10.6 Å². The Hall–Kier alpha value is -1.84. The Morgan fingerprint density at radius 2 is 1.96 bits per heavy atom. The van der Waals surface area contributed by atoms with E-state index in [1.54, 1.807) is 17.5 Å². The summed E-state index contributed by atoms with van der Waals surface area (Å²) in [6, 6.07) is 6.05. The zero-order valence-electron chi connectivity index (χ0n) is 14.2. The molecule has 2 heterocycles. The van der Waals surface area contributed by atoms with Crippen molar-refractivity contribution in [2.75, 3.05) is 19.3 Å². The van der Waals surface area contributed by atoms with Gasteiger partial charge in [-0.25, -0.2) is 22.1 Å². The molecular weight excluding hydrogens is 379 g/mol. The van der Waals surface area contributed by atoms with Gasteiger partial charge in [-0.2, -0.15) is 0 Å². The highest BCUT2D eigenvalue weighted by atomic mass is 32.2. The average molecular weight is 398 g/mol. The Bertz CT molecular complexity index is 872. The summed E-state index contributed by atoms with van der Waals surface area (Å²) in [5.74, 6) is -0.918. The lowest BCUT2D eigenvalue weighted by Gasteiger charge is -2.28. The van der Waals surface area contributed by atoms with Gasteiger partial charge in [0.25, 0.3) is 0 Å². The molecule has 0 N–H and O–H groups in total. The summed E-state index contributed by atoms with van der Waals surface area (Å²) in [5.41, 5.74) is 1.44. The van der Waals surface area contributed by atoms with Gasteiger partial charge in [0.05, 0.1) is 17.9 Å². The number of hydrogen-bond acceptors (Lipinski definition) is 6. The van der Waals surface area contributed by atoms with Crippen molar-refractivity contribution < 1.29 is 22.3 Å². The fourth-order valence-electron chi connectivity index (χ4n) is 2.78. The molecule has 0 bridgehead atoms. The molecule has 9 heteroatoms. The van der Waals surface area contributed by atoms with Gasteiger partial charge in [-0.15, -0.1) is 11.3 Å². The van der Waals surface area contributed by atoms with Crippen LogP contribution in [0, 0.1) is 11.7 Å². The van der Waals surface area contributed by atoms with E-state index < -0.39 is 10.0 Å². The van der Waals surface area contributed by atoms with Gasteiger partial charge in [0, 0.05) is 24.0 Å². The zero-order valence-corrected chi connectivity index (χ0v) is 15.9. The number of aromatic nitrogens is 1. The topological polar surface area (TPSA) is 76.6 Å². The quantitative estimate of drug-likeness (QED) is 0.724. The highest BCUT2D eigenvalue weighted by molar-refractivity contribution is 7.88. The second-order valence-corrected chi connectivity index (χ2v) is 9.04. The SMILES string of the molecule is CS(=O)(=O)N1CCC(C(=O)OCc2csc(-c3ccc(F)cc3)n2)CC1. The van der Waals surface area contributed by atoms with E-state index >= 15 is 0 Å². The molecule has 1 aliphatic heterocycles. The minimum absolute atomic E-state index is 0.0722. The van der Waals surface area contributed by atoms with Gasteiger partial charge >= 0.3 is 5.97 Å². The van der Waals surface area contributed by atoms with Crippen molar-refractivity contribution in [2.45, 2.75) is 19.4 Å². The monoisotopic (exact) mass is 398 g/mol. The van der Waals surface area contributed by atoms with E-state index in [2.05, 4.69) is 4.98 Å². The average Bonchev–Trinajstić information content (AvgIpc) is 3.08. The van der Waals surface area contributed by atoms with Crippen molar-refractivity contribution >= 4 is 27.3 Å². The minimum atomic E-state index is -3.21.